The number of rotatable bonds is 6. The van der Waals surface area contributed by atoms with Gasteiger partial charge in [-0.05, 0) is 11.5 Å². The fourth-order valence-corrected chi connectivity index (χ4v) is 2.68. The number of halogens is 1. The topological polar surface area (TPSA) is 70.6 Å². The van der Waals surface area contributed by atoms with E-state index in [0.29, 0.717) is 25.1 Å². The Balaban J connectivity index is 1.77. The summed E-state index contributed by atoms with van der Waals surface area (Å²) in [5.41, 5.74) is 0.468. The Morgan fingerprint density at radius 2 is 2.08 bits per heavy atom. The van der Waals surface area contributed by atoms with Gasteiger partial charge in [0, 0.05) is 25.1 Å². The molecule has 5 nitrogen and oxygen atoms in total. The van der Waals surface area contributed by atoms with Crippen molar-refractivity contribution in [2.75, 3.05) is 13.2 Å². The average molecular weight is 338 g/mol. The maximum atomic E-state index is 13.6. The van der Waals surface area contributed by atoms with Gasteiger partial charge >= 0.3 is 0 Å². The molecule has 1 aliphatic rings. The zero-order chi connectivity index (χ0) is 17.7. The highest BCUT2D eigenvalue weighted by molar-refractivity contribution is 5.76. The monoisotopic (exact) mass is 338 g/mol. The van der Waals surface area contributed by atoms with Gasteiger partial charge in [0.05, 0.1) is 18.8 Å². The van der Waals surface area contributed by atoms with Gasteiger partial charge in [0.1, 0.15) is 11.9 Å². The van der Waals surface area contributed by atoms with Gasteiger partial charge in [0.2, 0.25) is 5.91 Å². The normalized spacial score (nSPS) is 24.1. The SMILES string of the molecule is CC(C)(C)CC(=O)NC[C@H]1OC[C@@H](NCc2ccccc2F)[C@@H]1O. The number of amides is 1. The second kappa shape index (κ2) is 8.05. The third-order valence-electron chi connectivity index (χ3n) is 3.99. The maximum Gasteiger partial charge on any atom is 0.220 e. The number of carbonyl (C=O) groups is 1. The molecule has 6 heteroatoms. The third-order valence-corrected chi connectivity index (χ3v) is 3.99. The van der Waals surface area contributed by atoms with Gasteiger partial charge in [-0.25, -0.2) is 4.39 Å². The van der Waals surface area contributed by atoms with E-state index in [2.05, 4.69) is 10.6 Å². The van der Waals surface area contributed by atoms with Crippen molar-refractivity contribution in [2.45, 2.75) is 52.0 Å². The lowest BCUT2D eigenvalue weighted by Gasteiger charge is -2.21. The van der Waals surface area contributed by atoms with Gasteiger partial charge in [-0.15, -0.1) is 0 Å². The molecule has 1 amide bonds. The summed E-state index contributed by atoms with van der Waals surface area (Å²) in [6.45, 7) is 6.91. The fraction of sp³-hybridized carbons (Fsp3) is 0.611. The molecule has 134 valence electrons. The minimum atomic E-state index is -0.744. The first-order valence-electron chi connectivity index (χ1n) is 8.29. The number of nitrogens with one attached hydrogen (secondary N) is 2. The number of ether oxygens (including phenoxy) is 1. The van der Waals surface area contributed by atoms with Gasteiger partial charge in [0.25, 0.3) is 0 Å². The van der Waals surface area contributed by atoms with Crippen LogP contribution >= 0.6 is 0 Å². The van der Waals surface area contributed by atoms with Crippen molar-refractivity contribution in [1.82, 2.24) is 10.6 Å². The summed E-state index contributed by atoms with van der Waals surface area (Å²) in [6, 6.07) is 6.24. The van der Waals surface area contributed by atoms with Gasteiger partial charge in [-0.2, -0.15) is 0 Å². The number of benzene rings is 1. The molecule has 3 N–H and O–H groups in total. The number of aliphatic hydroxyl groups is 1. The summed E-state index contributed by atoms with van der Waals surface area (Å²) in [6.07, 6.45) is -0.774. The van der Waals surface area contributed by atoms with Crippen LogP contribution in [-0.4, -0.2) is 42.4 Å². The first kappa shape index (κ1) is 18.8. The van der Waals surface area contributed by atoms with Crippen molar-refractivity contribution in [1.29, 1.82) is 0 Å². The molecule has 0 radical (unpaired) electrons. The molecule has 1 saturated heterocycles. The van der Waals surface area contributed by atoms with Crippen LogP contribution in [0.5, 0.6) is 0 Å². The Labute approximate surface area is 142 Å². The van der Waals surface area contributed by atoms with Crippen molar-refractivity contribution in [3.05, 3.63) is 35.6 Å². The van der Waals surface area contributed by atoms with Crippen molar-refractivity contribution in [2.24, 2.45) is 5.41 Å². The molecule has 0 spiro atoms. The van der Waals surface area contributed by atoms with E-state index in [4.69, 9.17) is 4.74 Å². The molecule has 2 rings (SSSR count). The minimum Gasteiger partial charge on any atom is -0.389 e. The molecule has 1 aliphatic heterocycles. The summed E-state index contributed by atoms with van der Waals surface area (Å²) < 4.78 is 19.2. The number of hydrogen-bond donors (Lipinski definition) is 3. The molecule has 0 aromatic heterocycles. The zero-order valence-electron chi connectivity index (χ0n) is 14.5. The zero-order valence-corrected chi connectivity index (χ0v) is 14.5. The Kier molecular flexibility index (Phi) is 6.32. The molecule has 0 aliphatic carbocycles. The lowest BCUT2D eigenvalue weighted by molar-refractivity contribution is -0.123. The van der Waals surface area contributed by atoms with Crippen LogP contribution in [0.1, 0.15) is 32.8 Å². The predicted octanol–water partition coefficient (Wildman–Crippen LogP) is 1.60. The first-order valence-corrected chi connectivity index (χ1v) is 8.29. The van der Waals surface area contributed by atoms with Crippen molar-refractivity contribution >= 4 is 5.91 Å². The number of carbonyl (C=O) groups excluding carboxylic acids is 1. The van der Waals surface area contributed by atoms with Gasteiger partial charge in [-0.1, -0.05) is 39.0 Å². The highest BCUT2D eigenvalue weighted by Crippen LogP contribution is 2.19. The Morgan fingerprint density at radius 3 is 2.75 bits per heavy atom. The standard InChI is InChI=1S/C18H27FN2O3/c1-18(2,3)8-16(22)21-10-15-17(23)14(11-24-15)20-9-12-6-4-5-7-13(12)19/h4-7,14-15,17,20,23H,8-11H2,1-3H3,(H,21,22)/t14-,15-,17+/m1/s1. The molecule has 1 fully saturated rings. The van der Waals surface area contributed by atoms with Crippen LogP contribution in [0.4, 0.5) is 4.39 Å². The largest absolute Gasteiger partial charge is 0.389 e. The summed E-state index contributed by atoms with van der Waals surface area (Å²) in [5, 5.41) is 16.2. The molecule has 3 atom stereocenters. The summed E-state index contributed by atoms with van der Waals surface area (Å²) >= 11 is 0. The fourth-order valence-electron chi connectivity index (χ4n) is 2.68. The summed E-state index contributed by atoms with van der Waals surface area (Å²) in [4.78, 5) is 11.8. The molecule has 1 aromatic rings. The van der Waals surface area contributed by atoms with Crippen LogP contribution in [0.25, 0.3) is 0 Å². The van der Waals surface area contributed by atoms with E-state index >= 15 is 0 Å². The molecule has 1 heterocycles. The number of hydrogen-bond acceptors (Lipinski definition) is 4. The van der Waals surface area contributed by atoms with Gasteiger partial charge in [0.15, 0.2) is 0 Å². The van der Waals surface area contributed by atoms with Crippen molar-refractivity contribution in [3.63, 3.8) is 0 Å². The van der Waals surface area contributed by atoms with E-state index in [1.54, 1.807) is 18.2 Å². The van der Waals surface area contributed by atoms with Crippen LogP contribution in [0.2, 0.25) is 0 Å². The third kappa shape index (κ3) is 5.54. The molecule has 0 bridgehead atoms. The van der Waals surface area contributed by atoms with E-state index in [0.717, 1.165) is 0 Å². The van der Waals surface area contributed by atoms with E-state index in [9.17, 15) is 14.3 Å². The van der Waals surface area contributed by atoms with E-state index < -0.39 is 12.2 Å². The second-order valence-electron chi connectivity index (χ2n) is 7.48. The van der Waals surface area contributed by atoms with E-state index in [1.807, 2.05) is 20.8 Å². The Hall–Kier alpha value is -1.50. The summed E-state index contributed by atoms with van der Waals surface area (Å²) in [5.74, 6) is -0.328. The second-order valence-corrected chi connectivity index (χ2v) is 7.48. The lowest BCUT2D eigenvalue weighted by atomic mass is 9.92. The van der Waals surface area contributed by atoms with Crippen LogP contribution in [0.3, 0.4) is 0 Å². The smallest absolute Gasteiger partial charge is 0.220 e. The Morgan fingerprint density at radius 1 is 1.38 bits per heavy atom. The molecule has 24 heavy (non-hydrogen) atoms. The molecule has 0 unspecified atom stereocenters. The Bertz CT molecular complexity index is 559. The van der Waals surface area contributed by atoms with Gasteiger partial charge in [-0.3, -0.25) is 4.79 Å². The van der Waals surface area contributed by atoms with E-state index in [1.165, 1.54) is 6.07 Å². The van der Waals surface area contributed by atoms with Crippen LogP contribution in [0, 0.1) is 11.2 Å². The number of aliphatic hydroxyl groups excluding tert-OH is 1. The van der Waals surface area contributed by atoms with Crippen molar-refractivity contribution in [3.8, 4) is 0 Å². The molecular formula is C18H27FN2O3. The van der Waals surface area contributed by atoms with Crippen LogP contribution in [0.15, 0.2) is 24.3 Å². The van der Waals surface area contributed by atoms with Crippen LogP contribution < -0.4 is 10.6 Å². The average Bonchev–Trinajstić information content (AvgIpc) is 2.83. The highest BCUT2D eigenvalue weighted by Gasteiger charge is 2.35. The predicted molar refractivity (Wildman–Crippen MR) is 89.9 cm³/mol. The lowest BCUT2D eigenvalue weighted by Crippen LogP contribution is -2.44. The van der Waals surface area contributed by atoms with Crippen LogP contribution in [-0.2, 0) is 16.1 Å². The van der Waals surface area contributed by atoms with Crippen molar-refractivity contribution < 1.29 is 19.0 Å². The van der Waals surface area contributed by atoms with Gasteiger partial charge < -0.3 is 20.5 Å². The van der Waals surface area contributed by atoms with E-state index in [-0.39, 0.29) is 29.7 Å². The molecule has 1 aromatic carbocycles. The molecular weight excluding hydrogens is 311 g/mol. The first-order chi connectivity index (χ1) is 11.3. The molecule has 0 saturated carbocycles. The quantitative estimate of drug-likeness (QED) is 0.737. The highest BCUT2D eigenvalue weighted by atomic mass is 19.1. The maximum absolute atomic E-state index is 13.6. The summed E-state index contributed by atoms with van der Waals surface area (Å²) in [7, 11) is 0. The minimum absolute atomic E-state index is 0.0546.